The van der Waals surface area contributed by atoms with Gasteiger partial charge in [-0.1, -0.05) is 0 Å². The first-order chi connectivity index (χ1) is 8.24. The van der Waals surface area contributed by atoms with Crippen molar-refractivity contribution in [3.63, 3.8) is 0 Å². The van der Waals surface area contributed by atoms with E-state index in [1.807, 2.05) is 19.2 Å². The zero-order chi connectivity index (χ0) is 12.3. The number of aromatic amines is 1. The third-order valence-corrected chi connectivity index (χ3v) is 2.60. The molecule has 2 aromatic rings. The van der Waals surface area contributed by atoms with Crippen molar-refractivity contribution >= 4 is 17.0 Å². The Labute approximate surface area is 99.6 Å². The summed E-state index contributed by atoms with van der Waals surface area (Å²) in [5.41, 5.74) is 7.57. The predicted molar refractivity (Wildman–Crippen MR) is 66.9 cm³/mol. The first-order valence-corrected chi connectivity index (χ1v) is 5.53. The molecule has 2 rings (SSSR count). The van der Waals surface area contributed by atoms with E-state index in [-0.39, 0.29) is 6.04 Å². The van der Waals surface area contributed by atoms with E-state index in [9.17, 15) is 0 Å². The monoisotopic (exact) mass is 235 g/mol. The lowest BCUT2D eigenvalue weighted by atomic mass is 10.2. The number of hydrogen-bond acceptors (Lipinski definition) is 5. The first-order valence-electron chi connectivity index (χ1n) is 5.53. The van der Waals surface area contributed by atoms with Crippen LogP contribution >= 0.6 is 0 Å². The smallest absolute Gasteiger partial charge is 0.179 e. The molecule has 92 valence electrons. The fraction of sp³-hybridized carbons (Fsp3) is 0.455. The molecule has 0 aliphatic carbocycles. The summed E-state index contributed by atoms with van der Waals surface area (Å²) in [6.07, 6.45) is 0.731. The average molecular weight is 235 g/mol. The zero-order valence-corrected chi connectivity index (χ0v) is 10.0. The van der Waals surface area contributed by atoms with E-state index in [4.69, 9.17) is 10.5 Å². The van der Waals surface area contributed by atoms with Crippen molar-refractivity contribution in [3.05, 3.63) is 18.0 Å². The number of imidazole rings is 1. The molecule has 0 fully saturated rings. The minimum atomic E-state index is -0.151. The van der Waals surface area contributed by atoms with E-state index in [2.05, 4.69) is 20.3 Å². The molecule has 17 heavy (non-hydrogen) atoms. The maximum atomic E-state index is 6.00. The Morgan fingerprint density at radius 1 is 1.47 bits per heavy atom. The molecule has 2 heterocycles. The summed E-state index contributed by atoms with van der Waals surface area (Å²) < 4.78 is 5.00. The molecule has 0 aliphatic heterocycles. The standard InChI is InChI=1S/C11H17N5O/c1-13-9-4-3-8-11(15-9)16-10(14-8)7(12)5-6-17-2/h3-4,7H,5-6,12H2,1-2H3,(H2,13,14,15,16). The third kappa shape index (κ3) is 2.54. The SMILES string of the molecule is CNc1ccc2[nH]c(C(N)CCOC)nc2n1. The van der Waals surface area contributed by atoms with Crippen LogP contribution in [-0.2, 0) is 4.74 Å². The molecule has 0 saturated carbocycles. The summed E-state index contributed by atoms with van der Waals surface area (Å²) in [5.74, 6) is 1.54. The highest BCUT2D eigenvalue weighted by atomic mass is 16.5. The fourth-order valence-electron chi connectivity index (χ4n) is 1.61. The van der Waals surface area contributed by atoms with Crippen LogP contribution in [0.25, 0.3) is 11.2 Å². The number of rotatable bonds is 5. The molecule has 6 nitrogen and oxygen atoms in total. The van der Waals surface area contributed by atoms with Crippen LogP contribution in [0.5, 0.6) is 0 Å². The van der Waals surface area contributed by atoms with Crippen LogP contribution in [0.1, 0.15) is 18.3 Å². The van der Waals surface area contributed by atoms with Crippen molar-refractivity contribution in [2.75, 3.05) is 26.1 Å². The molecule has 0 spiro atoms. The second-order valence-corrected chi connectivity index (χ2v) is 3.83. The number of nitrogens with two attached hydrogens (primary N) is 1. The van der Waals surface area contributed by atoms with Crippen LogP contribution in [0.2, 0.25) is 0 Å². The Morgan fingerprint density at radius 2 is 2.29 bits per heavy atom. The van der Waals surface area contributed by atoms with Crippen molar-refractivity contribution in [1.82, 2.24) is 15.0 Å². The van der Waals surface area contributed by atoms with Gasteiger partial charge < -0.3 is 20.8 Å². The van der Waals surface area contributed by atoms with Gasteiger partial charge in [0.2, 0.25) is 0 Å². The summed E-state index contributed by atoms with van der Waals surface area (Å²) >= 11 is 0. The molecule has 0 aliphatic rings. The summed E-state index contributed by atoms with van der Waals surface area (Å²) in [4.78, 5) is 11.9. The summed E-state index contributed by atoms with van der Waals surface area (Å²) in [6, 6.07) is 3.68. The second kappa shape index (κ2) is 5.11. The Balaban J connectivity index is 2.24. The van der Waals surface area contributed by atoms with Gasteiger partial charge >= 0.3 is 0 Å². The lowest BCUT2D eigenvalue weighted by Crippen LogP contribution is -2.14. The van der Waals surface area contributed by atoms with Crippen LogP contribution in [0.4, 0.5) is 5.82 Å². The van der Waals surface area contributed by atoms with Gasteiger partial charge in [0.15, 0.2) is 5.65 Å². The number of nitrogens with zero attached hydrogens (tertiary/aromatic N) is 2. The maximum absolute atomic E-state index is 6.00. The van der Waals surface area contributed by atoms with E-state index in [1.54, 1.807) is 7.11 Å². The van der Waals surface area contributed by atoms with E-state index in [1.165, 1.54) is 0 Å². The molecule has 6 heteroatoms. The molecule has 0 bridgehead atoms. The first kappa shape index (κ1) is 11.8. The number of H-pyrrole nitrogens is 1. The highest BCUT2D eigenvalue weighted by Gasteiger charge is 2.11. The molecule has 2 aromatic heterocycles. The van der Waals surface area contributed by atoms with E-state index >= 15 is 0 Å². The number of fused-ring (bicyclic) bond motifs is 1. The molecular weight excluding hydrogens is 218 g/mol. The van der Waals surface area contributed by atoms with Gasteiger partial charge in [-0.15, -0.1) is 0 Å². The number of aromatic nitrogens is 3. The van der Waals surface area contributed by atoms with Gasteiger partial charge in [0.05, 0.1) is 11.6 Å². The van der Waals surface area contributed by atoms with Crippen LogP contribution in [0.15, 0.2) is 12.1 Å². The highest BCUT2D eigenvalue weighted by Crippen LogP contribution is 2.17. The summed E-state index contributed by atoms with van der Waals surface area (Å²) in [5, 5.41) is 2.98. The predicted octanol–water partition coefficient (Wildman–Crippen LogP) is 1.04. The molecular formula is C11H17N5O. The lowest BCUT2D eigenvalue weighted by Gasteiger charge is -2.06. The van der Waals surface area contributed by atoms with E-state index in [0.29, 0.717) is 12.3 Å². The van der Waals surface area contributed by atoms with Crippen molar-refractivity contribution < 1.29 is 4.74 Å². The van der Waals surface area contributed by atoms with Gasteiger partial charge in [-0.3, -0.25) is 0 Å². The number of nitrogens with one attached hydrogen (secondary N) is 2. The van der Waals surface area contributed by atoms with Crippen molar-refractivity contribution in [3.8, 4) is 0 Å². The quantitative estimate of drug-likeness (QED) is 0.720. The fourth-order valence-corrected chi connectivity index (χ4v) is 1.61. The Bertz CT molecular complexity index is 496. The molecule has 0 aromatic carbocycles. The van der Waals surface area contributed by atoms with Gasteiger partial charge in [-0.25, -0.2) is 9.97 Å². The van der Waals surface area contributed by atoms with Gasteiger partial charge in [0, 0.05) is 20.8 Å². The third-order valence-electron chi connectivity index (χ3n) is 2.60. The van der Waals surface area contributed by atoms with Crippen molar-refractivity contribution in [2.24, 2.45) is 5.73 Å². The molecule has 4 N–H and O–H groups in total. The molecule has 1 atom stereocenters. The van der Waals surface area contributed by atoms with Crippen LogP contribution in [0.3, 0.4) is 0 Å². The topological polar surface area (TPSA) is 88.9 Å². The second-order valence-electron chi connectivity index (χ2n) is 3.83. The molecule has 1 unspecified atom stereocenters. The van der Waals surface area contributed by atoms with Gasteiger partial charge in [0.25, 0.3) is 0 Å². The van der Waals surface area contributed by atoms with Crippen LogP contribution < -0.4 is 11.1 Å². The van der Waals surface area contributed by atoms with Crippen LogP contribution in [0, 0.1) is 0 Å². The van der Waals surface area contributed by atoms with Gasteiger partial charge in [-0.2, -0.15) is 0 Å². The number of ether oxygens (including phenoxy) is 1. The van der Waals surface area contributed by atoms with Crippen molar-refractivity contribution in [2.45, 2.75) is 12.5 Å². The number of pyridine rings is 1. The Hall–Kier alpha value is -1.66. The van der Waals surface area contributed by atoms with Gasteiger partial charge in [-0.05, 0) is 18.6 Å². The Kier molecular flexibility index (Phi) is 3.55. The maximum Gasteiger partial charge on any atom is 0.179 e. The van der Waals surface area contributed by atoms with Crippen molar-refractivity contribution in [1.29, 1.82) is 0 Å². The normalized spacial score (nSPS) is 12.9. The largest absolute Gasteiger partial charge is 0.385 e. The number of methoxy groups -OCH3 is 1. The van der Waals surface area contributed by atoms with E-state index < -0.39 is 0 Å². The molecule has 0 radical (unpaired) electrons. The van der Waals surface area contributed by atoms with Gasteiger partial charge in [0.1, 0.15) is 11.6 Å². The number of anilines is 1. The van der Waals surface area contributed by atoms with Crippen LogP contribution in [-0.4, -0.2) is 35.7 Å². The zero-order valence-electron chi connectivity index (χ0n) is 10.0. The summed E-state index contributed by atoms with van der Waals surface area (Å²) in [7, 11) is 3.48. The highest BCUT2D eigenvalue weighted by molar-refractivity contribution is 5.72. The minimum Gasteiger partial charge on any atom is -0.385 e. The average Bonchev–Trinajstić information content (AvgIpc) is 2.78. The lowest BCUT2D eigenvalue weighted by molar-refractivity contribution is 0.187. The van der Waals surface area contributed by atoms with E-state index in [0.717, 1.165) is 23.6 Å². The molecule has 0 amide bonds. The number of hydrogen-bond donors (Lipinski definition) is 3. The summed E-state index contributed by atoms with van der Waals surface area (Å²) in [6.45, 7) is 0.618. The Morgan fingerprint density at radius 3 is 3.00 bits per heavy atom. The minimum absolute atomic E-state index is 0.151. The molecule has 0 saturated heterocycles.